The van der Waals surface area contributed by atoms with Gasteiger partial charge in [-0.3, -0.25) is 38.5 Å². The first-order valence-electron chi connectivity index (χ1n) is 21.8. The van der Waals surface area contributed by atoms with Gasteiger partial charge in [0.2, 0.25) is 6.29 Å². The minimum absolute atomic E-state index is 0.0154. The molecule has 3 aromatic carbocycles. The fourth-order valence-electron chi connectivity index (χ4n) is 8.56. The predicted octanol–water partition coefficient (Wildman–Crippen LogP) is 1.71. The van der Waals surface area contributed by atoms with Crippen LogP contribution >= 0.6 is 0 Å². The maximum Gasteiger partial charge on any atom is 0.408 e. The fraction of sp³-hybridized carbons (Fsp3) is 0.362. The Morgan fingerprint density at radius 2 is 1.63 bits per heavy atom. The summed E-state index contributed by atoms with van der Waals surface area (Å²) in [6, 6.07) is 11.7. The first-order chi connectivity index (χ1) is 33.6. The number of hydrogen-bond donors (Lipinski definition) is 4. The molecule has 366 valence electrons. The van der Waals surface area contributed by atoms with Crippen LogP contribution in [0.5, 0.6) is 5.75 Å². The number of carbonyl (C=O) groups excluding carboxylic acids is 8. The van der Waals surface area contributed by atoms with Crippen molar-refractivity contribution < 1.29 is 76.7 Å². The monoisotopic (exact) mass is 969 g/mol. The molecule has 5 heterocycles. The summed E-state index contributed by atoms with van der Waals surface area (Å²) >= 11 is 0. The van der Waals surface area contributed by atoms with Crippen molar-refractivity contribution in [3.05, 3.63) is 118 Å². The number of ether oxygens (including phenoxy) is 3. The minimum Gasteiger partial charge on any atom is -0.462 e. The molecule has 0 saturated carbocycles. The zero-order valence-electron chi connectivity index (χ0n) is 37.2. The van der Waals surface area contributed by atoms with E-state index in [0.29, 0.717) is 28.2 Å². The van der Waals surface area contributed by atoms with Gasteiger partial charge in [0.05, 0.1) is 36.6 Å². The van der Waals surface area contributed by atoms with Crippen molar-refractivity contribution in [2.24, 2.45) is 12.0 Å². The zero-order chi connectivity index (χ0) is 50.2. The highest BCUT2D eigenvalue weighted by atomic mass is 19.1. The topological polar surface area (TPSA) is 287 Å². The van der Waals surface area contributed by atoms with Crippen molar-refractivity contribution in [2.45, 2.75) is 75.3 Å². The summed E-state index contributed by atoms with van der Waals surface area (Å²) in [5.74, 6) is -3.38. The number of alkyl carbamates (subject to hydrolysis) is 1. The van der Waals surface area contributed by atoms with E-state index in [4.69, 9.17) is 23.8 Å². The van der Waals surface area contributed by atoms with E-state index in [1.165, 1.54) is 47.4 Å². The quantitative estimate of drug-likeness (QED) is 0.110. The highest BCUT2D eigenvalue weighted by Gasteiger charge is 2.46. The number of benzene rings is 3. The van der Waals surface area contributed by atoms with Gasteiger partial charge in [-0.15, -0.1) is 0 Å². The van der Waals surface area contributed by atoms with Crippen LogP contribution < -0.4 is 15.0 Å². The van der Waals surface area contributed by atoms with Crippen molar-refractivity contribution in [3.8, 4) is 5.75 Å². The molecule has 1 aromatic heterocycles. The second kappa shape index (κ2) is 22.2. The highest BCUT2D eigenvalue weighted by Crippen LogP contribution is 2.48. The van der Waals surface area contributed by atoms with Crippen LogP contribution in [0, 0.1) is 11.6 Å². The van der Waals surface area contributed by atoms with E-state index in [1.54, 1.807) is 24.1 Å². The Kier molecular flexibility index (Phi) is 15.9. The SMILES string of the molecule is Cn1ncnc1[C@H]1C2=NCC(=O)c3cc(F)cc(c32)N(CNC(=O)OCc2ccc(O[C@@H]3OC[C@@H](O)[C@H](O)[C@H]3O)c(CC(=O)CCCC(=O)CCN3C(=O)C=CC3=O)c2)[C@@H]1c1ccc(F)cc1.O=C=O. The minimum atomic E-state index is -1.65. The number of imide groups is 1. The molecule has 23 heteroatoms. The van der Waals surface area contributed by atoms with Crippen LogP contribution in [0.1, 0.15) is 76.1 Å². The van der Waals surface area contributed by atoms with Crippen molar-refractivity contribution in [1.82, 2.24) is 25.0 Å². The Hall–Kier alpha value is -7.69. The lowest BCUT2D eigenvalue weighted by atomic mass is 9.76. The number of hydrogen-bond acceptors (Lipinski definition) is 18. The molecule has 1 fully saturated rings. The Morgan fingerprint density at radius 3 is 2.33 bits per heavy atom. The number of halogens is 2. The van der Waals surface area contributed by atoms with Gasteiger partial charge in [0, 0.05) is 68.1 Å². The van der Waals surface area contributed by atoms with Gasteiger partial charge in [0.25, 0.3) is 11.8 Å². The molecule has 8 rings (SSSR count). The first-order valence-corrected chi connectivity index (χ1v) is 21.8. The van der Waals surface area contributed by atoms with E-state index in [2.05, 4.69) is 20.4 Å². The number of Topliss-reactive ketones (excluding diaryl/α,β-unsaturated/α-hetero) is 3. The number of carbonyl (C=O) groups is 6. The van der Waals surface area contributed by atoms with E-state index in [1.807, 2.05) is 0 Å². The Labute approximate surface area is 396 Å². The summed E-state index contributed by atoms with van der Waals surface area (Å²) in [6.07, 6.45) is -3.23. The summed E-state index contributed by atoms with van der Waals surface area (Å²) in [7, 11) is 1.68. The van der Waals surface area contributed by atoms with Crippen LogP contribution in [0.2, 0.25) is 0 Å². The summed E-state index contributed by atoms with van der Waals surface area (Å²) in [6.45, 7) is -1.30. The molecule has 0 unspecified atom stereocenters. The summed E-state index contributed by atoms with van der Waals surface area (Å²) in [5.41, 5.74) is 2.38. The third kappa shape index (κ3) is 11.3. The van der Waals surface area contributed by atoms with E-state index in [9.17, 15) is 48.5 Å². The normalized spacial score (nSPS) is 21.3. The van der Waals surface area contributed by atoms with Gasteiger partial charge in [-0.05, 0) is 53.9 Å². The fourth-order valence-corrected chi connectivity index (χ4v) is 8.56. The lowest BCUT2D eigenvalue weighted by molar-refractivity contribution is -0.242. The number of aromatic nitrogens is 3. The number of nitrogens with zero attached hydrogens (tertiary/aromatic N) is 6. The standard InChI is InChI=1S/C46H45F2N7O12.CO2/c1-53-44(50-22-52-53)39-40-38-31(33(58)19-49-40)17-28(48)18-32(38)55(41(39)25-6-8-27(47)9-7-25)23-51-46(64)66-20-24-5-10-35(67-45-43(63)42(62)34(59)21-65-45)26(15-24)16-30(57)4-2-3-29(56)13-14-54-36(60)11-12-37(54)61;2-1-3/h5-12,15,17-18,22,34,39,41-43,45,59,62-63H,2-4,13-14,16,19-21,23H2,1H3,(H,51,64);/t34-,39+,41-,42+,43-,45+;/m1./s1. The van der Waals surface area contributed by atoms with Crippen LogP contribution in [0.4, 0.5) is 19.3 Å². The summed E-state index contributed by atoms with van der Waals surface area (Å²) < 4.78 is 48.1. The second-order valence-corrected chi connectivity index (χ2v) is 16.5. The number of amides is 3. The lowest BCUT2D eigenvalue weighted by Gasteiger charge is -2.45. The Bertz CT molecular complexity index is 2760. The largest absolute Gasteiger partial charge is 0.462 e. The maximum absolute atomic E-state index is 15.4. The molecule has 21 nitrogen and oxygen atoms in total. The molecular formula is C47H45F2N7O14. The Balaban J connectivity index is 0.00000235. The summed E-state index contributed by atoms with van der Waals surface area (Å²) in [4.78, 5) is 104. The number of aliphatic imine (C=N–C) groups is 1. The van der Waals surface area contributed by atoms with Gasteiger partial charge in [0.1, 0.15) is 72.6 Å². The molecule has 0 radical (unpaired) electrons. The van der Waals surface area contributed by atoms with Crippen LogP contribution in [-0.2, 0) is 58.3 Å². The molecule has 3 amide bonds. The number of ketones is 3. The smallest absolute Gasteiger partial charge is 0.408 e. The predicted molar refractivity (Wildman–Crippen MR) is 234 cm³/mol. The maximum atomic E-state index is 15.4. The van der Waals surface area contributed by atoms with Crippen molar-refractivity contribution in [1.29, 1.82) is 0 Å². The zero-order valence-corrected chi connectivity index (χ0v) is 37.2. The molecule has 70 heavy (non-hydrogen) atoms. The van der Waals surface area contributed by atoms with E-state index < -0.39 is 71.9 Å². The molecular weight excluding hydrogens is 925 g/mol. The number of nitrogens with one attached hydrogen (secondary N) is 1. The van der Waals surface area contributed by atoms with Crippen LogP contribution in [0.3, 0.4) is 0 Å². The van der Waals surface area contributed by atoms with Crippen molar-refractivity contribution in [2.75, 3.05) is 31.3 Å². The third-order valence-corrected chi connectivity index (χ3v) is 11.9. The second-order valence-electron chi connectivity index (χ2n) is 16.5. The van der Waals surface area contributed by atoms with Gasteiger partial charge in [-0.1, -0.05) is 18.2 Å². The summed E-state index contributed by atoms with van der Waals surface area (Å²) in [5, 5.41) is 37.7. The van der Waals surface area contributed by atoms with Crippen LogP contribution in [0.25, 0.3) is 0 Å². The van der Waals surface area contributed by atoms with Gasteiger partial charge in [0.15, 0.2) is 5.78 Å². The molecule has 4 N–H and O–H groups in total. The number of aliphatic hydroxyl groups is 3. The molecule has 4 aromatic rings. The van der Waals surface area contributed by atoms with Crippen molar-refractivity contribution >= 4 is 52.8 Å². The molecule has 0 aliphatic carbocycles. The number of rotatable bonds is 17. The number of aliphatic hydroxyl groups excluding tert-OH is 3. The third-order valence-electron chi connectivity index (χ3n) is 11.9. The van der Waals surface area contributed by atoms with Crippen molar-refractivity contribution in [3.63, 3.8) is 0 Å². The molecule has 1 saturated heterocycles. The van der Waals surface area contributed by atoms with Gasteiger partial charge < -0.3 is 39.7 Å². The molecule has 6 atom stereocenters. The molecule has 0 bridgehead atoms. The first kappa shape index (κ1) is 50.2. The Morgan fingerprint density at radius 1 is 0.914 bits per heavy atom. The van der Waals surface area contributed by atoms with Gasteiger partial charge >= 0.3 is 12.2 Å². The van der Waals surface area contributed by atoms with Gasteiger partial charge in [-0.2, -0.15) is 14.7 Å². The van der Waals surface area contributed by atoms with E-state index >= 15 is 4.39 Å². The molecule has 4 aliphatic rings. The average molecular weight is 970 g/mol. The van der Waals surface area contributed by atoms with Gasteiger partial charge in [-0.25, -0.2) is 18.6 Å². The van der Waals surface area contributed by atoms with E-state index in [0.717, 1.165) is 23.1 Å². The molecule has 4 aliphatic heterocycles. The van der Waals surface area contributed by atoms with E-state index in [-0.39, 0.29) is 105 Å². The van der Waals surface area contributed by atoms with Crippen LogP contribution in [-0.4, -0.2) is 133 Å². The highest BCUT2D eigenvalue weighted by molar-refractivity contribution is 6.21. The number of anilines is 1. The molecule has 0 spiro atoms. The average Bonchev–Trinajstić information content (AvgIpc) is 3.91. The number of aryl methyl sites for hydroxylation is 1. The van der Waals surface area contributed by atoms with Crippen LogP contribution in [0.15, 0.2) is 78.1 Å². The lowest BCUT2D eigenvalue weighted by Crippen LogP contribution is -2.54.